The van der Waals surface area contributed by atoms with Gasteiger partial charge in [-0.2, -0.15) is 0 Å². The number of nitrogens with zero attached hydrogens (tertiary/aromatic N) is 1. The first-order valence-corrected chi connectivity index (χ1v) is 9.13. The summed E-state index contributed by atoms with van der Waals surface area (Å²) < 4.78 is 10.5. The molecule has 3 rings (SSSR count). The highest BCUT2D eigenvalue weighted by atomic mass is 16.5. The lowest BCUT2D eigenvalue weighted by atomic mass is 10.1. The van der Waals surface area contributed by atoms with Crippen LogP contribution < -0.4 is 25.4 Å². The SMILES string of the molecule is COc1cc(OC)cc(N2CC(C(=O)NCC(N)c3ccccc3)CC2=O)c1. The molecular formula is C21H25N3O4. The number of anilines is 1. The van der Waals surface area contributed by atoms with Gasteiger partial charge in [0.25, 0.3) is 0 Å². The molecule has 3 N–H and O–H groups in total. The molecule has 0 aromatic heterocycles. The molecule has 1 fully saturated rings. The molecule has 2 aromatic carbocycles. The van der Waals surface area contributed by atoms with Crippen LogP contribution in [0.2, 0.25) is 0 Å². The molecule has 2 atom stereocenters. The maximum absolute atomic E-state index is 12.6. The predicted octanol–water partition coefficient (Wildman–Crippen LogP) is 1.87. The Hall–Kier alpha value is -3.06. The molecule has 0 bridgehead atoms. The minimum absolute atomic E-state index is 0.109. The van der Waals surface area contributed by atoms with Crippen molar-refractivity contribution in [2.45, 2.75) is 12.5 Å². The van der Waals surface area contributed by atoms with E-state index >= 15 is 0 Å². The average Bonchev–Trinajstić information content (AvgIpc) is 3.13. The maximum atomic E-state index is 12.6. The summed E-state index contributed by atoms with van der Waals surface area (Å²) in [7, 11) is 3.10. The molecule has 2 amide bonds. The molecule has 148 valence electrons. The molecule has 28 heavy (non-hydrogen) atoms. The highest BCUT2D eigenvalue weighted by Gasteiger charge is 2.35. The number of nitrogens with one attached hydrogen (secondary N) is 1. The van der Waals surface area contributed by atoms with Crippen LogP contribution in [0.1, 0.15) is 18.0 Å². The van der Waals surface area contributed by atoms with Gasteiger partial charge in [0.05, 0.1) is 25.8 Å². The summed E-state index contributed by atoms with van der Waals surface area (Å²) in [6, 6.07) is 14.5. The molecule has 0 aliphatic carbocycles. The Morgan fingerprint density at radius 3 is 2.43 bits per heavy atom. The van der Waals surface area contributed by atoms with Crippen molar-refractivity contribution in [3.8, 4) is 11.5 Å². The van der Waals surface area contributed by atoms with Crippen molar-refractivity contribution in [2.75, 3.05) is 32.2 Å². The summed E-state index contributed by atoms with van der Waals surface area (Å²) in [6.07, 6.45) is 0.159. The predicted molar refractivity (Wildman–Crippen MR) is 106 cm³/mol. The number of carbonyl (C=O) groups excluding carboxylic acids is 2. The number of nitrogens with two attached hydrogens (primary N) is 1. The molecule has 1 heterocycles. The topological polar surface area (TPSA) is 93.9 Å². The van der Waals surface area contributed by atoms with Crippen LogP contribution in [-0.2, 0) is 9.59 Å². The van der Waals surface area contributed by atoms with Crippen molar-refractivity contribution < 1.29 is 19.1 Å². The van der Waals surface area contributed by atoms with E-state index in [1.807, 2.05) is 30.3 Å². The van der Waals surface area contributed by atoms with Gasteiger partial charge in [-0.25, -0.2) is 0 Å². The van der Waals surface area contributed by atoms with Gasteiger partial charge in [-0.15, -0.1) is 0 Å². The van der Waals surface area contributed by atoms with Gasteiger partial charge >= 0.3 is 0 Å². The molecule has 0 saturated carbocycles. The van der Waals surface area contributed by atoms with Crippen LogP contribution in [0, 0.1) is 5.92 Å². The lowest BCUT2D eigenvalue weighted by Gasteiger charge is -2.19. The van der Waals surface area contributed by atoms with Crippen LogP contribution >= 0.6 is 0 Å². The minimum Gasteiger partial charge on any atom is -0.497 e. The Labute approximate surface area is 164 Å². The van der Waals surface area contributed by atoms with E-state index in [9.17, 15) is 9.59 Å². The van der Waals surface area contributed by atoms with E-state index in [-0.39, 0.29) is 24.3 Å². The van der Waals surface area contributed by atoms with Gasteiger partial charge in [-0.1, -0.05) is 30.3 Å². The first-order valence-electron chi connectivity index (χ1n) is 9.13. The molecule has 7 nitrogen and oxygen atoms in total. The van der Waals surface area contributed by atoms with Crippen LogP contribution in [0.5, 0.6) is 11.5 Å². The van der Waals surface area contributed by atoms with Crippen LogP contribution in [-0.4, -0.2) is 39.1 Å². The Bertz CT molecular complexity index is 819. The number of rotatable bonds is 7. The van der Waals surface area contributed by atoms with Crippen molar-refractivity contribution in [1.82, 2.24) is 5.32 Å². The summed E-state index contributed by atoms with van der Waals surface area (Å²) in [4.78, 5) is 26.6. The fraction of sp³-hybridized carbons (Fsp3) is 0.333. The van der Waals surface area contributed by atoms with E-state index in [1.54, 1.807) is 37.3 Å². The van der Waals surface area contributed by atoms with Crippen LogP contribution in [0.4, 0.5) is 5.69 Å². The van der Waals surface area contributed by atoms with Gasteiger partial charge < -0.3 is 25.4 Å². The van der Waals surface area contributed by atoms with Crippen molar-refractivity contribution in [3.63, 3.8) is 0 Å². The van der Waals surface area contributed by atoms with E-state index in [1.165, 1.54) is 0 Å². The molecule has 1 aliphatic rings. The summed E-state index contributed by atoms with van der Waals surface area (Å²) in [5, 5.41) is 2.87. The van der Waals surface area contributed by atoms with Gasteiger partial charge in [-0.3, -0.25) is 9.59 Å². The average molecular weight is 383 g/mol. The van der Waals surface area contributed by atoms with Gasteiger partial charge in [-0.05, 0) is 5.56 Å². The van der Waals surface area contributed by atoms with Gasteiger partial charge in [0.15, 0.2) is 0 Å². The molecule has 0 spiro atoms. The molecular weight excluding hydrogens is 358 g/mol. The molecule has 2 unspecified atom stereocenters. The number of amides is 2. The Morgan fingerprint density at radius 2 is 1.82 bits per heavy atom. The zero-order valence-electron chi connectivity index (χ0n) is 16.1. The fourth-order valence-corrected chi connectivity index (χ4v) is 3.25. The number of benzene rings is 2. The quantitative estimate of drug-likeness (QED) is 0.761. The zero-order valence-corrected chi connectivity index (χ0v) is 16.1. The lowest BCUT2D eigenvalue weighted by Crippen LogP contribution is -2.37. The smallest absolute Gasteiger partial charge is 0.227 e. The Morgan fingerprint density at radius 1 is 1.18 bits per heavy atom. The first-order chi connectivity index (χ1) is 13.5. The summed E-state index contributed by atoms with van der Waals surface area (Å²) in [5.74, 6) is 0.473. The molecule has 1 saturated heterocycles. The van der Waals surface area contributed by atoms with E-state index in [2.05, 4.69) is 5.32 Å². The van der Waals surface area contributed by atoms with E-state index in [0.717, 1.165) is 5.56 Å². The third-order valence-electron chi connectivity index (χ3n) is 4.87. The first kappa shape index (κ1) is 19.7. The maximum Gasteiger partial charge on any atom is 0.227 e. The number of methoxy groups -OCH3 is 2. The van der Waals surface area contributed by atoms with Crippen molar-refractivity contribution in [2.24, 2.45) is 11.7 Å². The zero-order chi connectivity index (χ0) is 20.1. The summed E-state index contributed by atoms with van der Waals surface area (Å²) in [5.41, 5.74) is 7.74. The fourth-order valence-electron chi connectivity index (χ4n) is 3.25. The van der Waals surface area contributed by atoms with Crippen molar-refractivity contribution >= 4 is 17.5 Å². The molecule has 2 aromatic rings. The number of hydrogen-bond donors (Lipinski definition) is 2. The van der Waals surface area contributed by atoms with E-state index in [0.29, 0.717) is 30.3 Å². The summed E-state index contributed by atoms with van der Waals surface area (Å²) >= 11 is 0. The minimum atomic E-state index is -0.423. The third kappa shape index (κ3) is 4.43. The highest BCUT2D eigenvalue weighted by molar-refractivity contribution is 6.00. The standard InChI is InChI=1S/C21H25N3O4/c1-27-17-9-16(10-18(11-17)28-2)24-13-15(8-20(24)25)21(26)23-12-19(22)14-6-4-3-5-7-14/h3-7,9-11,15,19H,8,12-13,22H2,1-2H3,(H,23,26). The van der Waals surface area contributed by atoms with Crippen LogP contribution in [0.3, 0.4) is 0 Å². The molecule has 1 aliphatic heterocycles. The number of carbonyl (C=O) groups is 2. The van der Waals surface area contributed by atoms with Crippen molar-refractivity contribution in [3.05, 3.63) is 54.1 Å². The second-order valence-electron chi connectivity index (χ2n) is 6.74. The number of ether oxygens (including phenoxy) is 2. The van der Waals surface area contributed by atoms with Gasteiger partial charge in [0.2, 0.25) is 11.8 Å². The van der Waals surface area contributed by atoms with E-state index in [4.69, 9.17) is 15.2 Å². The molecule has 0 radical (unpaired) electrons. The van der Waals surface area contributed by atoms with Gasteiger partial charge in [0, 0.05) is 43.8 Å². The van der Waals surface area contributed by atoms with Crippen LogP contribution in [0.25, 0.3) is 0 Å². The van der Waals surface area contributed by atoms with Gasteiger partial charge in [0.1, 0.15) is 11.5 Å². The highest BCUT2D eigenvalue weighted by Crippen LogP contribution is 2.32. The second-order valence-corrected chi connectivity index (χ2v) is 6.74. The normalized spacial score (nSPS) is 17.3. The van der Waals surface area contributed by atoms with E-state index < -0.39 is 5.92 Å². The largest absolute Gasteiger partial charge is 0.497 e. The monoisotopic (exact) mass is 383 g/mol. The van der Waals surface area contributed by atoms with Crippen molar-refractivity contribution in [1.29, 1.82) is 0 Å². The Kier molecular flexibility index (Phi) is 6.16. The summed E-state index contributed by atoms with van der Waals surface area (Å²) in [6.45, 7) is 0.627. The lowest BCUT2D eigenvalue weighted by molar-refractivity contribution is -0.126. The molecule has 7 heteroatoms. The second kappa shape index (κ2) is 8.75. The Balaban J connectivity index is 1.63. The third-order valence-corrected chi connectivity index (χ3v) is 4.87. The number of hydrogen-bond acceptors (Lipinski definition) is 5. The van der Waals surface area contributed by atoms with Crippen LogP contribution in [0.15, 0.2) is 48.5 Å².